The minimum atomic E-state index is -0.124. The SMILES string of the molecule is CC(=O)Nc1nnc(CCCN)s1. The summed E-state index contributed by atoms with van der Waals surface area (Å²) in [4.78, 5) is 10.6. The van der Waals surface area contributed by atoms with Crippen LogP contribution < -0.4 is 11.1 Å². The lowest BCUT2D eigenvalue weighted by Crippen LogP contribution is -2.04. The van der Waals surface area contributed by atoms with Gasteiger partial charge in [0.1, 0.15) is 5.01 Å². The van der Waals surface area contributed by atoms with E-state index in [1.165, 1.54) is 18.3 Å². The number of hydrogen-bond donors (Lipinski definition) is 2. The van der Waals surface area contributed by atoms with Gasteiger partial charge >= 0.3 is 0 Å². The molecule has 0 aliphatic carbocycles. The maximum atomic E-state index is 10.6. The van der Waals surface area contributed by atoms with E-state index in [-0.39, 0.29) is 5.91 Å². The molecule has 0 saturated carbocycles. The molecule has 0 aliphatic rings. The van der Waals surface area contributed by atoms with Crippen LogP contribution in [0.15, 0.2) is 0 Å². The Bertz CT molecular complexity index is 286. The number of nitrogens with two attached hydrogens (primary N) is 1. The highest BCUT2D eigenvalue weighted by molar-refractivity contribution is 7.15. The summed E-state index contributed by atoms with van der Waals surface area (Å²) in [7, 11) is 0. The smallest absolute Gasteiger partial charge is 0.223 e. The number of nitrogens with zero attached hydrogens (tertiary/aromatic N) is 2. The Morgan fingerprint density at radius 1 is 1.62 bits per heavy atom. The van der Waals surface area contributed by atoms with E-state index in [2.05, 4.69) is 15.5 Å². The third kappa shape index (κ3) is 3.47. The third-order valence-corrected chi connectivity index (χ3v) is 2.24. The van der Waals surface area contributed by atoms with Crippen LogP contribution in [0, 0.1) is 0 Å². The predicted molar refractivity (Wildman–Crippen MR) is 51.6 cm³/mol. The number of hydrogen-bond acceptors (Lipinski definition) is 5. The number of aryl methyl sites for hydroxylation is 1. The highest BCUT2D eigenvalue weighted by Gasteiger charge is 2.03. The Morgan fingerprint density at radius 3 is 3.00 bits per heavy atom. The first-order valence-electron chi connectivity index (χ1n) is 4.02. The molecule has 6 heteroatoms. The second-order valence-corrected chi connectivity index (χ2v) is 3.64. The summed E-state index contributed by atoms with van der Waals surface area (Å²) in [6.45, 7) is 2.09. The van der Waals surface area contributed by atoms with E-state index in [1.807, 2.05) is 0 Å². The van der Waals surface area contributed by atoms with Gasteiger partial charge < -0.3 is 11.1 Å². The molecule has 0 aliphatic heterocycles. The van der Waals surface area contributed by atoms with Gasteiger partial charge in [-0.15, -0.1) is 10.2 Å². The van der Waals surface area contributed by atoms with Crippen molar-refractivity contribution in [3.63, 3.8) is 0 Å². The predicted octanol–water partition coefficient (Wildman–Crippen LogP) is 0.388. The van der Waals surface area contributed by atoms with Crippen LogP contribution in [0.2, 0.25) is 0 Å². The van der Waals surface area contributed by atoms with E-state index in [0.29, 0.717) is 11.7 Å². The van der Waals surface area contributed by atoms with Crippen LogP contribution in [-0.4, -0.2) is 22.6 Å². The van der Waals surface area contributed by atoms with Crippen molar-refractivity contribution in [2.75, 3.05) is 11.9 Å². The van der Waals surface area contributed by atoms with Crippen LogP contribution in [0.3, 0.4) is 0 Å². The normalized spacial score (nSPS) is 10.0. The van der Waals surface area contributed by atoms with Crippen molar-refractivity contribution in [3.8, 4) is 0 Å². The van der Waals surface area contributed by atoms with Crippen molar-refractivity contribution in [1.82, 2.24) is 10.2 Å². The summed E-state index contributed by atoms with van der Waals surface area (Å²) in [6, 6.07) is 0. The molecule has 1 amide bonds. The van der Waals surface area contributed by atoms with Crippen LogP contribution in [0.1, 0.15) is 18.4 Å². The van der Waals surface area contributed by atoms with Gasteiger partial charge in [0.05, 0.1) is 0 Å². The van der Waals surface area contributed by atoms with E-state index in [0.717, 1.165) is 17.8 Å². The van der Waals surface area contributed by atoms with Crippen molar-refractivity contribution in [1.29, 1.82) is 0 Å². The van der Waals surface area contributed by atoms with Gasteiger partial charge in [0.2, 0.25) is 11.0 Å². The van der Waals surface area contributed by atoms with Gasteiger partial charge in [0.15, 0.2) is 0 Å². The summed E-state index contributed by atoms with van der Waals surface area (Å²) in [6.07, 6.45) is 1.72. The first kappa shape index (κ1) is 10.1. The zero-order chi connectivity index (χ0) is 9.68. The number of rotatable bonds is 4. The molecule has 5 nitrogen and oxygen atoms in total. The van der Waals surface area contributed by atoms with Gasteiger partial charge in [0.25, 0.3) is 0 Å². The zero-order valence-electron chi connectivity index (χ0n) is 7.41. The summed E-state index contributed by atoms with van der Waals surface area (Å²) in [5.74, 6) is -0.124. The fourth-order valence-electron chi connectivity index (χ4n) is 0.809. The van der Waals surface area contributed by atoms with Gasteiger partial charge in [-0.2, -0.15) is 0 Å². The minimum absolute atomic E-state index is 0.124. The van der Waals surface area contributed by atoms with Crippen molar-refractivity contribution in [2.45, 2.75) is 19.8 Å². The Hall–Kier alpha value is -1.01. The first-order valence-corrected chi connectivity index (χ1v) is 4.84. The van der Waals surface area contributed by atoms with E-state index in [4.69, 9.17) is 5.73 Å². The molecule has 1 aromatic rings. The number of anilines is 1. The average Bonchev–Trinajstić information content (AvgIpc) is 2.48. The van der Waals surface area contributed by atoms with Crippen LogP contribution in [0.25, 0.3) is 0 Å². The minimum Gasteiger partial charge on any atom is -0.330 e. The summed E-state index contributed by atoms with van der Waals surface area (Å²) < 4.78 is 0. The molecule has 0 fully saturated rings. The van der Waals surface area contributed by atoms with Gasteiger partial charge in [-0.25, -0.2) is 0 Å². The average molecular weight is 200 g/mol. The lowest BCUT2D eigenvalue weighted by atomic mass is 10.3. The van der Waals surface area contributed by atoms with Crippen LogP contribution in [0.4, 0.5) is 5.13 Å². The molecule has 0 unspecified atom stereocenters. The molecule has 1 rings (SSSR count). The Morgan fingerprint density at radius 2 is 2.38 bits per heavy atom. The third-order valence-electron chi connectivity index (χ3n) is 1.34. The number of nitrogens with one attached hydrogen (secondary N) is 1. The second-order valence-electron chi connectivity index (χ2n) is 2.57. The molecule has 0 atom stereocenters. The molecule has 1 heterocycles. The fraction of sp³-hybridized carbons (Fsp3) is 0.571. The molecule has 0 saturated heterocycles. The Labute approximate surface area is 80.4 Å². The topological polar surface area (TPSA) is 80.9 Å². The highest BCUT2D eigenvalue weighted by Crippen LogP contribution is 2.15. The number of carbonyl (C=O) groups is 1. The standard InChI is InChI=1S/C7H12N4OS/c1-5(12)9-7-11-10-6(13-7)3-2-4-8/h2-4,8H2,1H3,(H,9,11,12). The van der Waals surface area contributed by atoms with Crippen molar-refractivity contribution >= 4 is 22.4 Å². The summed E-state index contributed by atoms with van der Waals surface area (Å²) in [5.41, 5.74) is 5.35. The molecule has 0 spiro atoms. The summed E-state index contributed by atoms with van der Waals surface area (Å²) >= 11 is 1.39. The van der Waals surface area contributed by atoms with Gasteiger partial charge in [-0.3, -0.25) is 4.79 Å². The van der Waals surface area contributed by atoms with Gasteiger partial charge in [0, 0.05) is 13.3 Å². The molecule has 72 valence electrons. The Balaban J connectivity index is 2.48. The van der Waals surface area contributed by atoms with Crippen molar-refractivity contribution in [2.24, 2.45) is 5.73 Å². The second kappa shape index (κ2) is 4.88. The van der Waals surface area contributed by atoms with Crippen molar-refractivity contribution < 1.29 is 4.79 Å². The molecule has 13 heavy (non-hydrogen) atoms. The molecule has 0 aromatic carbocycles. The molecular formula is C7H12N4OS. The Kier molecular flexibility index (Phi) is 3.78. The van der Waals surface area contributed by atoms with Crippen LogP contribution in [0.5, 0.6) is 0 Å². The van der Waals surface area contributed by atoms with Gasteiger partial charge in [-0.05, 0) is 13.0 Å². The number of amides is 1. The number of carbonyl (C=O) groups excluding carboxylic acids is 1. The van der Waals surface area contributed by atoms with Crippen LogP contribution >= 0.6 is 11.3 Å². The van der Waals surface area contributed by atoms with E-state index < -0.39 is 0 Å². The largest absolute Gasteiger partial charge is 0.330 e. The van der Waals surface area contributed by atoms with Crippen molar-refractivity contribution in [3.05, 3.63) is 5.01 Å². The molecule has 1 aromatic heterocycles. The maximum absolute atomic E-state index is 10.6. The summed E-state index contributed by atoms with van der Waals surface area (Å²) in [5, 5.41) is 11.8. The highest BCUT2D eigenvalue weighted by atomic mass is 32.1. The molecule has 0 radical (unpaired) electrons. The van der Waals surface area contributed by atoms with E-state index in [1.54, 1.807) is 0 Å². The first-order chi connectivity index (χ1) is 6.22. The molecular weight excluding hydrogens is 188 g/mol. The van der Waals surface area contributed by atoms with Gasteiger partial charge in [-0.1, -0.05) is 11.3 Å². The lowest BCUT2D eigenvalue weighted by molar-refractivity contribution is -0.114. The fourth-order valence-corrected chi connectivity index (χ4v) is 1.64. The van der Waals surface area contributed by atoms with E-state index in [9.17, 15) is 4.79 Å². The maximum Gasteiger partial charge on any atom is 0.223 e. The monoisotopic (exact) mass is 200 g/mol. The quantitative estimate of drug-likeness (QED) is 0.736. The zero-order valence-corrected chi connectivity index (χ0v) is 8.23. The van der Waals surface area contributed by atoms with Crippen LogP contribution in [-0.2, 0) is 11.2 Å². The molecule has 0 bridgehead atoms. The lowest BCUT2D eigenvalue weighted by Gasteiger charge is -1.91. The van der Waals surface area contributed by atoms with E-state index >= 15 is 0 Å². The molecule has 3 N–H and O–H groups in total. The number of aromatic nitrogens is 2.